The van der Waals surface area contributed by atoms with E-state index in [1.54, 1.807) is 0 Å². The van der Waals surface area contributed by atoms with Crippen molar-refractivity contribution in [3.63, 3.8) is 0 Å². The highest BCUT2D eigenvalue weighted by atomic mass is 79.9. The molecule has 3 N–H and O–H groups in total. The van der Waals surface area contributed by atoms with Gasteiger partial charge in [0.1, 0.15) is 6.54 Å². The van der Waals surface area contributed by atoms with Crippen molar-refractivity contribution >= 4 is 21.9 Å². The minimum atomic E-state index is -0.419. The molecule has 1 atom stereocenters. The zero-order valence-electron chi connectivity index (χ0n) is 15.4. The highest BCUT2D eigenvalue weighted by molar-refractivity contribution is 9.10. The van der Waals surface area contributed by atoms with Crippen molar-refractivity contribution in [1.82, 2.24) is 25.5 Å². The molecule has 0 spiro atoms. The summed E-state index contributed by atoms with van der Waals surface area (Å²) in [5.74, 6) is 0.107. The molecule has 8 nitrogen and oxygen atoms in total. The molecule has 0 bridgehead atoms. The zero-order chi connectivity index (χ0) is 19.9. The van der Waals surface area contributed by atoms with Gasteiger partial charge in [-0.05, 0) is 39.2 Å². The van der Waals surface area contributed by atoms with Crippen LogP contribution in [0.5, 0.6) is 0 Å². The van der Waals surface area contributed by atoms with E-state index in [4.69, 9.17) is 10.5 Å². The van der Waals surface area contributed by atoms with Gasteiger partial charge in [-0.3, -0.25) is 10.1 Å². The minimum absolute atomic E-state index is 0.0618. The van der Waals surface area contributed by atoms with Gasteiger partial charge < -0.3 is 10.5 Å². The van der Waals surface area contributed by atoms with E-state index in [1.165, 1.54) is 11.8 Å². The zero-order valence-corrected chi connectivity index (χ0v) is 17.0. The number of carbonyl (C=O) groups excluding carboxylic acids is 1. The Hall–Kier alpha value is -2.62. The lowest BCUT2D eigenvalue weighted by Gasteiger charge is -2.19. The molecule has 0 aliphatic heterocycles. The number of benzene rings is 2. The summed E-state index contributed by atoms with van der Waals surface area (Å²) in [4.78, 5) is 11.7. The standard InChI is InChI=1S/C19H21BrN6O2/c1-28-17(27)12-26-19(23-24-25-26)18(15-6-3-7-16(20)9-15)22-11-14-5-2-4-13(8-14)10-21/h2-9,18,22H,10-12,21H2,1H3. The van der Waals surface area contributed by atoms with E-state index >= 15 is 0 Å². The summed E-state index contributed by atoms with van der Waals surface area (Å²) in [7, 11) is 1.33. The van der Waals surface area contributed by atoms with E-state index < -0.39 is 5.97 Å². The molecule has 3 aromatic rings. The number of esters is 1. The van der Waals surface area contributed by atoms with Gasteiger partial charge >= 0.3 is 5.97 Å². The van der Waals surface area contributed by atoms with E-state index in [0.29, 0.717) is 18.9 Å². The Morgan fingerprint density at radius 1 is 1.25 bits per heavy atom. The third-order valence-corrected chi connectivity index (χ3v) is 4.74. The highest BCUT2D eigenvalue weighted by Crippen LogP contribution is 2.23. The Kier molecular flexibility index (Phi) is 6.85. The number of aromatic nitrogens is 4. The van der Waals surface area contributed by atoms with Crippen LogP contribution in [-0.4, -0.2) is 33.3 Å². The van der Waals surface area contributed by atoms with Crippen LogP contribution < -0.4 is 11.1 Å². The molecule has 3 rings (SSSR count). The second-order valence-corrected chi connectivity index (χ2v) is 7.08. The molecule has 0 aliphatic rings. The Bertz CT molecular complexity index is 945. The Labute approximate surface area is 171 Å². The van der Waals surface area contributed by atoms with Gasteiger partial charge in [-0.1, -0.05) is 52.3 Å². The Morgan fingerprint density at radius 3 is 2.79 bits per heavy atom. The second-order valence-electron chi connectivity index (χ2n) is 6.16. The molecule has 0 aliphatic carbocycles. The van der Waals surface area contributed by atoms with E-state index in [1.807, 2.05) is 42.5 Å². The smallest absolute Gasteiger partial charge is 0.327 e. The van der Waals surface area contributed by atoms with Crippen LogP contribution in [0.3, 0.4) is 0 Å². The number of nitrogens with zero attached hydrogens (tertiary/aromatic N) is 4. The molecule has 28 heavy (non-hydrogen) atoms. The van der Waals surface area contributed by atoms with Crippen LogP contribution in [0.4, 0.5) is 0 Å². The van der Waals surface area contributed by atoms with E-state index in [9.17, 15) is 4.79 Å². The molecule has 146 valence electrons. The van der Waals surface area contributed by atoms with Crippen molar-refractivity contribution in [2.45, 2.75) is 25.7 Å². The Balaban J connectivity index is 1.90. The van der Waals surface area contributed by atoms with Crippen LogP contribution in [0.2, 0.25) is 0 Å². The maximum Gasteiger partial charge on any atom is 0.327 e. The molecule has 2 aromatic carbocycles. The van der Waals surface area contributed by atoms with Gasteiger partial charge in [0.25, 0.3) is 0 Å². The molecule has 1 aromatic heterocycles. The summed E-state index contributed by atoms with van der Waals surface area (Å²) in [5.41, 5.74) is 8.86. The first-order valence-electron chi connectivity index (χ1n) is 8.70. The van der Waals surface area contributed by atoms with Crippen molar-refractivity contribution in [3.8, 4) is 0 Å². The SMILES string of the molecule is COC(=O)Cn1nnnc1C(NCc1cccc(CN)c1)c1cccc(Br)c1. The molecule has 1 unspecified atom stereocenters. The van der Waals surface area contributed by atoms with Crippen molar-refractivity contribution in [1.29, 1.82) is 0 Å². The molecular formula is C19H21BrN6O2. The van der Waals surface area contributed by atoms with Gasteiger partial charge in [0, 0.05) is 17.6 Å². The topological polar surface area (TPSA) is 108 Å². The van der Waals surface area contributed by atoms with Gasteiger partial charge in [-0.25, -0.2) is 4.68 Å². The fourth-order valence-corrected chi connectivity index (χ4v) is 3.27. The average molecular weight is 445 g/mol. The van der Waals surface area contributed by atoms with Crippen LogP contribution in [0, 0.1) is 0 Å². The first-order chi connectivity index (χ1) is 13.6. The summed E-state index contributed by atoms with van der Waals surface area (Å²) < 4.78 is 7.13. The molecule has 0 amide bonds. The summed E-state index contributed by atoms with van der Waals surface area (Å²) in [5, 5.41) is 15.3. The van der Waals surface area contributed by atoms with E-state index in [2.05, 4.69) is 42.8 Å². The van der Waals surface area contributed by atoms with Gasteiger partial charge in [0.2, 0.25) is 0 Å². The molecule has 9 heteroatoms. The summed E-state index contributed by atoms with van der Waals surface area (Å²) in [6.07, 6.45) is 0. The fraction of sp³-hybridized carbons (Fsp3) is 0.263. The lowest BCUT2D eigenvalue weighted by molar-refractivity contribution is -0.141. The number of carbonyl (C=O) groups is 1. The van der Waals surface area contributed by atoms with Gasteiger partial charge in [-0.15, -0.1) is 5.10 Å². The number of halogens is 1. The van der Waals surface area contributed by atoms with Crippen molar-refractivity contribution in [3.05, 3.63) is 75.5 Å². The minimum Gasteiger partial charge on any atom is -0.468 e. The molecule has 0 saturated carbocycles. The van der Waals surface area contributed by atoms with Crippen LogP contribution in [0.1, 0.15) is 28.6 Å². The number of nitrogens with one attached hydrogen (secondary N) is 1. The number of nitrogens with two attached hydrogens (primary N) is 1. The predicted molar refractivity (Wildman–Crippen MR) is 107 cm³/mol. The normalized spacial score (nSPS) is 12.0. The third-order valence-electron chi connectivity index (χ3n) is 4.24. The lowest BCUT2D eigenvalue weighted by Crippen LogP contribution is -2.27. The second kappa shape index (κ2) is 9.54. The first kappa shape index (κ1) is 20.1. The van der Waals surface area contributed by atoms with E-state index in [-0.39, 0.29) is 12.6 Å². The number of ether oxygens (including phenoxy) is 1. The van der Waals surface area contributed by atoms with Crippen LogP contribution >= 0.6 is 15.9 Å². The molecule has 0 fully saturated rings. The summed E-state index contributed by atoms with van der Waals surface area (Å²) in [6.45, 7) is 1.00. The van der Waals surface area contributed by atoms with Crippen molar-refractivity contribution < 1.29 is 9.53 Å². The number of hydrogen-bond donors (Lipinski definition) is 2. The first-order valence-corrected chi connectivity index (χ1v) is 9.49. The van der Waals surface area contributed by atoms with Gasteiger partial charge in [-0.2, -0.15) is 0 Å². The Morgan fingerprint density at radius 2 is 2.04 bits per heavy atom. The van der Waals surface area contributed by atoms with Crippen LogP contribution in [0.15, 0.2) is 53.0 Å². The number of methoxy groups -OCH3 is 1. The number of rotatable bonds is 8. The quantitative estimate of drug-likeness (QED) is 0.511. The maximum atomic E-state index is 11.7. The fourth-order valence-electron chi connectivity index (χ4n) is 2.85. The van der Waals surface area contributed by atoms with Crippen molar-refractivity contribution in [2.24, 2.45) is 5.73 Å². The maximum absolute atomic E-state index is 11.7. The largest absolute Gasteiger partial charge is 0.468 e. The third kappa shape index (κ3) is 5.00. The van der Waals surface area contributed by atoms with Crippen molar-refractivity contribution in [2.75, 3.05) is 7.11 Å². The summed E-state index contributed by atoms with van der Waals surface area (Å²) >= 11 is 3.50. The molecule has 0 radical (unpaired) electrons. The van der Waals surface area contributed by atoms with Gasteiger partial charge in [0.05, 0.1) is 13.2 Å². The number of hydrogen-bond acceptors (Lipinski definition) is 7. The molecule has 1 heterocycles. The highest BCUT2D eigenvalue weighted by Gasteiger charge is 2.22. The molecule has 0 saturated heterocycles. The van der Waals surface area contributed by atoms with Crippen LogP contribution in [-0.2, 0) is 29.2 Å². The van der Waals surface area contributed by atoms with E-state index in [0.717, 1.165) is 21.2 Å². The number of tetrazole rings is 1. The average Bonchev–Trinajstić information content (AvgIpc) is 3.16. The lowest BCUT2D eigenvalue weighted by atomic mass is 10.0. The molecular weight excluding hydrogens is 424 g/mol. The monoisotopic (exact) mass is 444 g/mol. The predicted octanol–water partition coefficient (Wildman–Crippen LogP) is 1.95. The van der Waals surface area contributed by atoms with Gasteiger partial charge in [0.15, 0.2) is 5.82 Å². The summed E-state index contributed by atoms with van der Waals surface area (Å²) in [6, 6.07) is 15.6. The van der Waals surface area contributed by atoms with Crippen LogP contribution in [0.25, 0.3) is 0 Å².